The number of rotatable bonds is 3. The number of amides is 1. The maximum atomic E-state index is 11.8. The van der Waals surface area contributed by atoms with E-state index in [0.717, 1.165) is 19.4 Å². The van der Waals surface area contributed by atoms with Crippen molar-refractivity contribution in [2.75, 3.05) is 13.2 Å². The SMILES string of the molecule is O=C(NC(=S)NC[C@@H]1CCCO1)c1ccc(Cl)cc1. The monoisotopic (exact) mass is 298 g/mol. The molecular formula is C13H15ClN2O2S. The van der Waals surface area contributed by atoms with Crippen molar-refractivity contribution in [1.82, 2.24) is 10.6 Å². The Balaban J connectivity index is 1.77. The summed E-state index contributed by atoms with van der Waals surface area (Å²) in [5.41, 5.74) is 0.519. The number of carbonyl (C=O) groups excluding carboxylic acids is 1. The molecule has 1 aromatic carbocycles. The van der Waals surface area contributed by atoms with E-state index in [1.165, 1.54) is 0 Å². The number of hydrogen-bond donors (Lipinski definition) is 2. The number of thiocarbonyl (C=S) groups is 1. The molecule has 2 N–H and O–H groups in total. The zero-order valence-corrected chi connectivity index (χ0v) is 11.9. The highest BCUT2D eigenvalue weighted by molar-refractivity contribution is 7.80. The van der Waals surface area contributed by atoms with Gasteiger partial charge in [0.25, 0.3) is 5.91 Å². The van der Waals surface area contributed by atoms with E-state index in [4.69, 9.17) is 28.6 Å². The molecular weight excluding hydrogens is 284 g/mol. The molecule has 1 atom stereocenters. The van der Waals surface area contributed by atoms with E-state index in [1.807, 2.05) is 0 Å². The number of nitrogens with one attached hydrogen (secondary N) is 2. The Bertz CT molecular complexity index is 458. The third kappa shape index (κ3) is 4.45. The van der Waals surface area contributed by atoms with E-state index in [-0.39, 0.29) is 12.0 Å². The van der Waals surface area contributed by atoms with Gasteiger partial charge in [-0.05, 0) is 49.3 Å². The van der Waals surface area contributed by atoms with Gasteiger partial charge in [-0.3, -0.25) is 10.1 Å². The van der Waals surface area contributed by atoms with Crippen molar-refractivity contribution in [2.45, 2.75) is 18.9 Å². The quantitative estimate of drug-likeness (QED) is 0.839. The van der Waals surface area contributed by atoms with E-state index in [2.05, 4.69) is 10.6 Å². The fourth-order valence-electron chi connectivity index (χ4n) is 1.83. The zero-order valence-electron chi connectivity index (χ0n) is 10.3. The van der Waals surface area contributed by atoms with Gasteiger partial charge in [0, 0.05) is 23.7 Å². The number of hydrogen-bond acceptors (Lipinski definition) is 3. The maximum absolute atomic E-state index is 11.8. The Morgan fingerprint density at radius 3 is 2.79 bits per heavy atom. The molecule has 1 aromatic rings. The van der Waals surface area contributed by atoms with E-state index < -0.39 is 0 Å². The number of ether oxygens (including phenoxy) is 1. The maximum Gasteiger partial charge on any atom is 0.257 e. The molecule has 1 saturated heterocycles. The molecule has 0 aliphatic carbocycles. The predicted molar refractivity (Wildman–Crippen MR) is 78.5 cm³/mol. The Morgan fingerprint density at radius 1 is 1.42 bits per heavy atom. The Kier molecular flexibility index (Phi) is 5.13. The average Bonchev–Trinajstić information content (AvgIpc) is 2.90. The molecule has 0 spiro atoms. The van der Waals surface area contributed by atoms with Crippen LogP contribution in [0.2, 0.25) is 5.02 Å². The van der Waals surface area contributed by atoms with Gasteiger partial charge in [0.15, 0.2) is 5.11 Å². The highest BCUT2D eigenvalue weighted by Crippen LogP contribution is 2.11. The van der Waals surface area contributed by atoms with Crippen LogP contribution in [-0.4, -0.2) is 30.3 Å². The lowest BCUT2D eigenvalue weighted by molar-refractivity contribution is 0.0973. The summed E-state index contributed by atoms with van der Waals surface area (Å²) in [5, 5.41) is 6.52. The van der Waals surface area contributed by atoms with Gasteiger partial charge in [-0.1, -0.05) is 11.6 Å². The molecule has 0 bridgehead atoms. The molecule has 1 fully saturated rings. The van der Waals surface area contributed by atoms with Crippen LogP contribution in [0.3, 0.4) is 0 Å². The van der Waals surface area contributed by atoms with Gasteiger partial charge in [-0.15, -0.1) is 0 Å². The lowest BCUT2D eigenvalue weighted by atomic mass is 10.2. The summed E-state index contributed by atoms with van der Waals surface area (Å²) in [5.74, 6) is -0.249. The van der Waals surface area contributed by atoms with E-state index in [1.54, 1.807) is 24.3 Å². The zero-order chi connectivity index (χ0) is 13.7. The second-order valence-corrected chi connectivity index (χ2v) is 5.15. The molecule has 0 unspecified atom stereocenters. The van der Waals surface area contributed by atoms with Crippen LogP contribution < -0.4 is 10.6 Å². The van der Waals surface area contributed by atoms with Crippen LogP contribution >= 0.6 is 23.8 Å². The first-order chi connectivity index (χ1) is 9.15. The third-order valence-electron chi connectivity index (χ3n) is 2.85. The predicted octanol–water partition coefficient (Wildman–Crippen LogP) is 2.12. The average molecular weight is 299 g/mol. The summed E-state index contributed by atoms with van der Waals surface area (Å²) < 4.78 is 5.46. The molecule has 0 aromatic heterocycles. The molecule has 0 saturated carbocycles. The van der Waals surface area contributed by atoms with E-state index in [9.17, 15) is 4.79 Å². The van der Waals surface area contributed by atoms with Gasteiger partial charge >= 0.3 is 0 Å². The van der Waals surface area contributed by atoms with Crippen molar-refractivity contribution in [3.63, 3.8) is 0 Å². The largest absolute Gasteiger partial charge is 0.376 e. The standard InChI is InChI=1S/C13H15ClN2O2S/c14-10-5-3-9(4-6-10)12(17)16-13(19)15-8-11-2-1-7-18-11/h3-6,11H,1-2,7-8H2,(H2,15,16,17,19)/t11-/m0/s1. The highest BCUT2D eigenvalue weighted by atomic mass is 35.5. The second kappa shape index (κ2) is 6.84. The van der Waals surface area contributed by atoms with Crippen molar-refractivity contribution in [2.24, 2.45) is 0 Å². The topological polar surface area (TPSA) is 50.4 Å². The molecule has 1 aliphatic heterocycles. The molecule has 102 valence electrons. The molecule has 1 heterocycles. The van der Waals surface area contributed by atoms with Crippen LogP contribution in [0.5, 0.6) is 0 Å². The Hall–Kier alpha value is -1.17. The summed E-state index contributed by atoms with van der Waals surface area (Å²) in [6.45, 7) is 1.43. The van der Waals surface area contributed by atoms with Gasteiger partial charge in [-0.25, -0.2) is 0 Å². The van der Waals surface area contributed by atoms with Gasteiger partial charge in [-0.2, -0.15) is 0 Å². The minimum absolute atomic E-state index is 0.186. The summed E-state index contributed by atoms with van der Waals surface area (Å²) in [6, 6.07) is 6.64. The fourth-order valence-corrected chi connectivity index (χ4v) is 2.13. The number of benzene rings is 1. The van der Waals surface area contributed by atoms with Gasteiger partial charge in [0.1, 0.15) is 0 Å². The summed E-state index contributed by atoms with van der Waals surface area (Å²) >= 11 is 10.8. The van der Waals surface area contributed by atoms with Crippen LogP contribution in [0.4, 0.5) is 0 Å². The molecule has 4 nitrogen and oxygen atoms in total. The Labute approximate surface area is 122 Å². The van der Waals surface area contributed by atoms with Gasteiger partial charge in [0.05, 0.1) is 6.10 Å². The van der Waals surface area contributed by atoms with Crippen molar-refractivity contribution >= 4 is 34.8 Å². The Morgan fingerprint density at radius 2 is 2.16 bits per heavy atom. The molecule has 0 radical (unpaired) electrons. The summed E-state index contributed by atoms with van der Waals surface area (Å²) in [6.07, 6.45) is 2.29. The first-order valence-corrected chi connectivity index (χ1v) is 6.90. The highest BCUT2D eigenvalue weighted by Gasteiger charge is 2.15. The first-order valence-electron chi connectivity index (χ1n) is 6.11. The van der Waals surface area contributed by atoms with E-state index in [0.29, 0.717) is 22.2 Å². The fraction of sp³-hybridized carbons (Fsp3) is 0.385. The summed E-state index contributed by atoms with van der Waals surface area (Å²) in [4.78, 5) is 11.8. The number of halogens is 1. The van der Waals surface area contributed by atoms with Crippen molar-refractivity contribution in [3.05, 3.63) is 34.9 Å². The van der Waals surface area contributed by atoms with Crippen molar-refractivity contribution in [1.29, 1.82) is 0 Å². The van der Waals surface area contributed by atoms with Crippen LogP contribution in [0, 0.1) is 0 Å². The molecule has 6 heteroatoms. The lowest BCUT2D eigenvalue weighted by Crippen LogP contribution is -2.42. The smallest absolute Gasteiger partial charge is 0.257 e. The minimum Gasteiger partial charge on any atom is -0.376 e. The molecule has 1 amide bonds. The van der Waals surface area contributed by atoms with Crippen LogP contribution in [0.25, 0.3) is 0 Å². The number of carbonyl (C=O) groups is 1. The molecule has 19 heavy (non-hydrogen) atoms. The minimum atomic E-state index is -0.249. The summed E-state index contributed by atoms with van der Waals surface area (Å²) in [7, 11) is 0. The van der Waals surface area contributed by atoms with Crippen molar-refractivity contribution < 1.29 is 9.53 Å². The lowest BCUT2D eigenvalue weighted by Gasteiger charge is -2.13. The van der Waals surface area contributed by atoms with Crippen LogP contribution in [0.15, 0.2) is 24.3 Å². The van der Waals surface area contributed by atoms with Gasteiger partial charge < -0.3 is 10.1 Å². The molecule has 2 rings (SSSR count). The van der Waals surface area contributed by atoms with Crippen molar-refractivity contribution in [3.8, 4) is 0 Å². The first kappa shape index (κ1) is 14.2. The van der Waals surface area contributed by atoms with E-state index >= 15 is 0 Å². The van der Waals surface area contributed by atoms with Gasteiger partial charge in [0.2, 0.25) is 0 Å². The van der Waals surface area contributed by atoms with Crippen LogP contribution in [0.1, 0.15) is 23.2 Å². The van der Waals surface area contributed by atoms with Crippen LogP contribution in [-0.2, 0) is 4.74 Å². The molecule has 1 aliphatic rings. The third-order valence-corrected chi connectivity index (χ3v) is 3.35. The normalized spacial score (nSPS) is 18.1. The second-order valence-electron chi connectivity index (χ2n) is 4.31.